The number of hydrogen-bond acceptors (Lipinski definition) is 4. The normalized spacial score (nSPS) is 21.2. The molecular formula is C20H17ClF5NO4. The lowest BCUT2D eigenvalue weighted by Crippen LogP contribution is -2.31. The summed E-state index contributed by atoms with van der Waals surface area (Å²) in [6.45, 7) is -1.38. The fourth-order valence-corrected chi connectivity index (χ4v) is 3.82. The molecule has 11 heteroatoms. The number of carbonyl (C=O) groups excluding carboxylic acids is 2. The predicted molar refractivity (Wildman–Crippen MR) is 99.5 cm³/mol. The number of fused-ring (bicyclic) bond motifs is 1. The summed E-state index contributed by atoms with van der Waals surface area (Å²) in [4.78, 5) is 26.2. The summed E-state index contributed by atoms with van der Waals surface area (Å²) in [6.07, 6.45) is -5.84. The van der Waals surface area contributed by atoms with Crippen molar-refractivity contribution >= 4 is 29.1 Å². The van der Waals surface area contributed by atoms with Crippen molar-refractivity contribution in [2.24, 2.45) is 11.8 Å². The maximum atomic E-state index is 14.5. The summed E-state index contributed by atoms with van der Waals surface area (Å²) in [6, 6.07) is 1.97. The van der Waals surface area contributed by atoms with Crippen LogP contribution >= 0.6 is 11.6 Å². The predicted octanol–water partition coefficient (Wildman–Crippen LogP) is 4.42. The van der Waals surface area contributed by atoms with Crippen LogP contribution in [-0.4, -0.2) is 37.6 Å². The number of alkyl halides is 4. The van der Waals surface area contributed by atoms with Crippen molar-refractivity contribution in [3.63, 3.8) is 0 Å². The van der Waals surface area contributed by atoms with Gasteiger partial charge in [-0.25, -0.2) is 18.1 Å². The van der Waals surface area contributed by atoms with E-state index in [1.165, 1.54) is 0 Å². The number of anilines is 1. The summed E-state index contributed by atoms with van der Waals surface area (Å²) in [5.74, 6) is 1.45. The monoisotopic (exact) mass is 465 g/mol. The zero-order chi connectivity index (χ0) is 22.8. The van der Waals surface area contributed by atoms with E-state index < -0.39 is 55.2 Å². The second kappa shape index (κ2) is 9.40. The molecule has 2 atom stereocenters. The number of hydrogen-bond donors (Lipinski definition) is 0. The van der Waals surface area contributed by atoms with Crippen LogP contribution in [0.5, 0.6) is 5.75 Å². The maximum Gasteiger partial charge on any atom is 0.417 e. The first-order valence-electron chi connectivity index (χ1n) is 9.38. The topological polar surface area (TPSA) is 55.8 Å². The first kappa shape index (κ1) is 23.3. The van der Waals surface area contributed by atoms with Gasteiger partial charge in [-0.3, -0.25) is 9.59 Å². The zero-order valence-electron chi connectivity index (χ0n) is 16.0. The van der Waals surface area contributed by atoms with Gasteiger partial charge in [-0.15, -0.1) is 0 Å². The number of ether oxygens (including phenoxy) is 2. The third kappa shape index (κ3) is 4.93. The molecule has 5 nitrogen and oxygen atoms in total. The summed E-state index contributed by atoms with van der Waals surface area (Å²) >= 11 is 5.93. The van der Waals surface area contributed by atoms with Crippen LogP contribution in [0.1, 0.15) is 25.7 Å². The number of benzene rings is 1. The summed E-state index contributed by atoms with van der Waals surface area (Å²) in [5, 5.41) is -0.167. The Morgan fingerprint density at radius 2 is 1.68 bits per heavy atom. The number of nitrogens with zero attached hydrogens (tertiary/aromatic N) is 1. The maximum absolute atomic E-state index is 14.5. The molecule has 2 amide bonds. The van der Waals surface area contributed by atoms with Crippen molar-refractivity contribution in [3.8, 4) is 17.6 Å². The highest BCUT2D eigenvalue weighted by molar-refractivity contribution is 6.32. The van der Waals surface area contributed by atoms with Crippen LogP contribution in [0.2, 0.25) is 5.02 Å². The van der Waals surface area contributed by atoms with Crippen LogP contribution in [0.3, 0.4) is 0 Å². The van der Waals surface area contributed by atoms with Crippen LogP contribution in [0, 0.1) is 29.5 Å². The van der Waals surface area contributed by atoms with E-state index in [0.29, 0.717) is 12.8 Å². The Morgan fingerprint density at radius 1 is 1.10 bits per heavy atom. The Balaban J connectivity index is 1.69. The number of carbonyl (C=O) groups is 2. The van der Waals surface area contributed by atoms with Crippen LogP contribution < -0.4 is 9.64 Å². The molecule has 0 N–H and O–H groups in total. The van der Waals surface area contributed by atoms with Gasteiger partial charge in [0.05, 0.1) is 22.5 Å². The molecule has 1 aliphatic heterocycles. The summed E-state index contributed by atoms with van der Waals surface area (Å²) in [5.41, 5.74) is -0.295. The first-order valence-corrected chi connectivity index (χ1v) is 9.76. The van der Waals surface area contributed by atoms with E-state index in [-0.39, 0.29) is 16.5 Å². The highest BCUT2D eigenvalue weighted by atomic mass is 35.5. The minimum absolute atomic E-state index is 0.0957. The Hall–Kier alpha value is -2.38. The van der Waals surface area contributed by atoms with Crippen molar-refractivity contribution in [1.82, 2.24) is 0 Å². The molecule has 1 saturated carbocycles. The van der Waals surface area contributed by atoms with Gasteiger partial charge in [0, 0.05) is 6.07 Å². The molecule has 168 valence electrons. The number of imide groups is 1. The lowest BCUT2D eigenvalue weighted by atomic mass is 9.81. The summed E-state index contributed by atoms with van der Waals surface area (Å²) in [7, 11) is 0. The molecule has 31 heavy (non-hydrogen) atoms. The van der Waals surface area contributed by atoms with Gasteiger partial charge >= 0.3 is 12.5 Å². The Kier molecular flexibility index (Phi) is 7.06. The van der Waals surface area contributed by atoms with Gasteiger partial charge in [-0.2, -0.15) is 8.78 Å². The molecule has 0 radical (unpaired) electrons. The highest BCUT2D eigenvalue weighted by Gasteiger charge is 2.49. The van der Waals surface area contributed by atoms with Crippen LogP contribution in [0.15, 0.2) is 12.1 Å². The molecule has 0 aromatic heterocycles. The molecule has 0 spiro atoms. The van der Waals surface area contributed by atoms with E-state index in [2.05, 4.69) is 16.6 Å². The average Bonchev–Trinajstić information content (AvgIpc) is 2.97. The van der Waals surface area contributed by atoms with Crippen molar-refractivity contribution in [2.75, 3.05) is 18.1 Å². The van der Waals surface area contributed by atoms with E-state index in [9.17, 15) is 31.5 Å². The van der Waals surface area contributed by atoms with E-state index in [1.54, 1.807) is 0 Å². The molecule has 1 aliphatic carbocycles. The fraction of sp³-hybridized carbons (Fsp3) is 0.500. The molecule has 1 aromatic rings. The third-order valence-corrected chi connectivity index (χ3v) is 5.39. The molecule has 1 saturated heterocycles. The van der Waals surface area contributed by atoms with Gasteiger partial charge in [0.2, 0.25) is 11.8 Å². The second-order valence-corrected chi connectivity index (χ2v) is 7.44. The van der Waals surface area contributed by atoms with E-state index in [4.69, 9.17) is 16.3 Å². The second-order valence-electron chi connectivity index (χ2n) is 7.04. The van der Waals surface area contributed by atoms with Gasteiger partial charge in [-0.05, 0) is 18.9 Å². The number of rotatable bonds is 6. The molecule has 1 heterocycles. The highest BCUT2D eigenvalue weighted by Crippen LogP contribution is 2.42. The number of halogens is 6. The largest absolute Gasteiger partial charge is 0.479 e. The molecule has 3 rings (SSSR count). The third-order valence-electron chi connectivity index (χ3n) is 5.10. The van der Waals surface area contributed by atoms with Gasteiger partial charge in [-0.1, -0.05) is 36.3 Å². The lowest BCUT2D eigenvalue weighted by Gasteiger charge is -2.19. The summed E-state index contributed by atoms with van der Waals surface area (Å²) < 4.78 is 72.5. The van der Waals surface area contributed by atoms with Crippen LogP contribution in [-0.2, 0) is 14.3 Å². The van der Waals surface area contributed by atoms with Gasteiger partial charge in [0.15, 0.2) is 0 Å². The average molecular weight is 466 g/mol. The number of amides is 2. The fourth-order valence-electron chi connectivity index (χ4n) is 3.61. The van der Waals surface area contributed by atoms with Gasteiger partial charge in [0.1, 0.15) is 24.8 Å². The quantitative estimate of drug-likeness (QED) is 0.355. The molecule has 1 aromatic carbocycles. The minimum atomic E-state index is -4.61. The molecular weight excluding hydrogens is 449 g/mol. The van der Waals surface area contributed by atoms with Crippen LogP contribution in [0.4, 0.5) is 27.6 Å². The molecule has 0 bridgehead atoms. The Morgan fingerprint density at radius 3 is 2.26 bits per heavy atom. The van der Waals surface area contributed by atoms with E-state index in [0.717, 1.165) is 29.9 Å². The van der Waals surface area contributed by atoms with Crippen molar-refractivity contribution in [3.05, 3.63) is 23.0 Å². The van der Waals surface area contributed by atoms with E-state index in [1.807, 2.05) is 0 Å². The van der Waals surface area contributed by atoms with Crippen molar-refractivity contribution in [2.45, 2.75) is 38.2 Å². The smallest absolute Gasteiger partial charge is 0.417 e. The van der Waals surface area contributed by atoms with Gasteiger partial charge < -0.3 is 9.47 Å². The first-order chi connectivity index (χ1) is 14.6. The SMILES string of the molecule is O=C1C2CCCCC2C(=O)N1c1cc(OCC#CCOC(F)(F)C(F)F)c(Cl)cc1F. The van der Waals surface area contributed by atoms with Crippen molar-refractivity contribution in [1.29, 1.82) is 0 Å². The Bertz CT molecular complexity index is 906. The van der Waals surface area contributed by atoms with E-state index >= 15 is 0 Å². The van der Waals surface area contributed by atoms with Crippen LogP contribution in [0.25, 0.3) is 0 Å². The van der Waals surface area contributed by atoms with Gasteiger partial charge in [0.25, 0.3) is 0 Å². The van der Waals surface area contributed by atoms with Crippen molar-refractivity contribution < 1.29 is 41.0 Å². The minimum Gasteiger partial charge on any atom is -0.479 e. The lowest BCUT2D eigenvalue weighted by molar-refractivity contribution is -0.294. The zero-order valence-corrected chi connectivity index (χ0v) is 16.7. The standard InChI is InChI=1S/C20H17ClF5NO4/c21-13-9-14(22)15(27-17(28)11-5-1-2-6-12(11)18(27)29)10-16(13)30-7-3-4-8-31-20(25,26)19(23)24/h9-12,19H,1-2,5-8H2. The molecule has 2 unspecified atom stereocenters. The molecule has 2 aliphatic rings. The molecule has 2 fully saturated rings. The Labute approximate surface area is 179 Å².